The molecule has 2 aromatic heterocycles. The van der Waals surface area contributed by atoms with Gasteiger partial charge in [0.25, 0.3) is 0 Å². The van der Waals surface area contributed by atoms with Crippen molar-refractivity contribution >= 4 is 63.2 Å². The summed E-state index contributed by atoms with van der Waals surface area (Å²) in [6, 6.07) is 16.3. The van der Waals surface area contributed by atoms with E-state index >= 15 is 0 Å². The van der Waals surface area contributed by atoms with E-state index in [1.807, 2.05) is 42.5 Å². The summed E-state index contributed by atoms with van der Waals surface area (Å²) in [6.07, 6.45) is 4.19. The van der Waals surface area contributed by atoms with Crippen LogP contribution in [0.15, 0.2) is 60.7 Å². The second-order valence-corrected chi connectivity index (χ2v) is 19.4. The Balaban J connectivity index is 0.969. The summed E-state index contributed by atoms with van der Waals surface area (Å²) in [6.45, 7) is 13.0. The van der Waals surface area contributed by atoms with E-state index < -0.39 is 41.9 Å². The molecule has 0 unspecified atom stereocenters. The predicted molar refractivity (Wildman–Crippen MR) is 285 cm³/mol. The topological polar surface area (TPSA) is 204 Å². The van der Waals surface area contributed by atoms with Crippen LogP contribution in [0.3, 0.4) is 0 Å². The number of imidazole rings is 2. The minimum Gasteiger partial charge on any atom is -0.494 e. The quantitative estimate of drug-likeness (QED) is 0.0724. The molecule has 6 amide bonds. The molecular weight excluding hydrogens is 929 g/mol. The van der Waals surface area contributed by atoms with Gasteiger partial charge in [0, 0.05) is 91.2 Å². The first-order chi connectivity index (χ1) is 34.8. The molecule has 3 heterocycles. The van der Waals surface area contributed by atoms with Gasteiger partial charge in [0.05, 0.1) is 35.2 Å². The molecule has 6 rings (SSSR count). The van der Waals surface area contributed by atoms with Crippen molar-refractivity contribution in [2.75, 3.05) is 93.1 Å². The van der Waals surface area contributed by atoms with Gasteiger partial charge in [0.15, 0.2) is 0 Å². The van der Waals surface area contributed by atoms with Crippen molar-refractivity contribution in [3.63, 3.8) is 0 Å². The molecule has 1 aliphatic rings. The molecule has 5 aromatic rings. The number of carbonyl (C=O) groups excluding carboxylic acids is 6. The summed E-state index contributed by atoms with van der Waals surface area (Å²) in [7, 11) is 9.68. The minimum atomic E-state index is -0.974. The lowest BCUT2D eigenvalue weighted by molar-refractivity contribution is -0.153. The van der Waals surface area contributed by atoms with Gasteiger partial charge in [-0.1, -0.05) is 38.3 Å². The number of anilines is 1. The number of piperazine rings is 1. The van der Waals surface area contributed by atoms with Crippen molar-refractivity contribution in [1.29, 1.82) is 0 Å². The molecular formula is C54H76N12O7. The second kappa shape index (κ2) is 25.1. The Labute approximate surface area is 429 Å². The number of hydrogen-bond acceptors (Lipinski definition) is 11. The first-order valence-electron chi connectivity index (χ1n) is 25.5. The van der Waals surface area contributed by atoms with Crippen LogP contribution in [-0.4, -0.2) is 197 Å². The highest BCUT2D eigenvalue weighted by molar-refractivity contribution is 5.95. The molecule has 0 radical (unpaired) electrons. The number of nitrogens with one attached hydrogen (secondary N) is 3. The molecule has 3 aromatic carbocycles. The van der Waals surface area contributed by atoms with Gasteiger partial charge in [-0.25, -0.2) is 9.97 Å². The molecule has 0 aliphatic carbocycles. The average Bonchev–Trinajstić information content (AvgIpc) is 4.05. The Morgan fingerprint density at radius 2 is 1.25 bits per heavy atom. The van der Waals surface area contributed by atoms with E-state index in [4.69, 9.17) is 14.7 Å². The number of H-pyrrole nitrogens is 2. The number of unbranched alkanes of at least 4 members (excludes halogenated alkanes) is 3. The van der Waals surface area contributed by atoms with Gasteiger partial charge in [-0.2, -0.15) is 0 Å². The third-order valence-corrected chi connectivity index (χ3v) is 14.4. The number of hydrogen-bond donors (Lipinski definition) is 3. The van der Waals surface area contributed by atoms with Crippen molar-refractivity contribution < 1.29 is 33.5 Å². The summed E-state index contributed by atoms with van der Waals surface area (Å²) in [5.74, 6) is -0.266. The number of aromatic amines is 2. The van der Waals surface area contributed by atoms with E-state index in [1.165, 1.54) is 58.4 Å². The summed E-state index contributed by atoms with van der Waals surface area (Å²) in [5.41, 5.74) is 6.56. The predicted octanol–water partition coefficient (Wildman–Crippen LogP) is 5.23. The Morgan fingerprint density at radius 3 is 1.88 bits per heavy atom. The fraction of sp³-hybridized carbons (Fsp3) is 0.519. The third kappa shape index (κ3) is 13.5. The monoisotopic (exact) mass is 1000 g/mol. The molecule has 1 saturated heterocycles. The van der Waals surface area contributed by atoms with Gasteiger partial charge >= 0.3 is 0 Å². The minimum absolute atomic E-state index is 0.123. The Bertz CT molecular complexity index is 2730. The lowest BCUT2D eigenvalue weighted by atomic mass is 10.1. The van der Waals surface area contributed by atoms with E-state index in [2.05, 4.69) is 57.3 Å². The number of rotatable bonds is 23. The molecule has 0 saturated carbocycles. The molecule has 19 heteroatoms. The zero-order valence-corrected chi connectivity index (χ0v) is 44.7. The average molecular weight is 1010 g/mol. The lowest BCUT2D eigenvalue weighted by Crippen LogP contribution is -2.57. The fourth-order valence-electron chi connectivity index (χ4n) is 8.86. The molecule has 1 fully saturated rings. The number of benzene rings is 3. The molecule has 394 valence electrons. The molecule has 0 spiro atoms. The third-order valence-electron chi connectivity index (χ3n) is 14.4. The fourth-order valence-corrected chi connectivity index (χ4v) is 8.86. The van der Waals surface area contributed by atoms with Crippen LogP contribution in [0.4, 0.5) is 5.69 Å². The van der Waals surface area contributed by atoms with E-state index in [9.17, 15) is 28.8 Å². The van der Waals surface area contributed by atoms with Gasteiger partial charge in [-0.15, -0.1) is 0 Å². The molecule has 73 heavy (non-hydrogen) atoms. The van der Waals surface area contributed by atoms with Crippen molar-refractivity contribution in [2.24, 2.45) is 0 Å². The van der Waals surface area contributed by atoms with Crippen LogP contribution >= 0.6 is 0 Å². The molecule has 0 bridgehead atoms. The standard InChI is InChI=1S/C54H76N12O7/c1-12-13-14-15-25-66(34-47(67)55-6)54(72)38(5)64(11)53(71)37(4)63(10)52(70)36(3)62(9)51(69)35(2)61(8)48(68)20-17-30-73-42-19-16-18-39(31-42)49-56-43-23-21-40(32-45(43)58-49)50-57-44-24-22-41(33-46(44)59-50)65-28-26-60(7)27-29-65/h16,18-19,21-24,31-33,35-38H,12-15,17,20,25-30,34H2,1-11H3,(H,55,67)(H,56,58)(H,57,59)/t35-,36-,37-,38-/m0/s1. The van der Waals surface area contributed by atoms with Crippen LogP contribution in [0.5, 0.6) is 5.75 Å². The lowest BCUT2D eigenvalue weighted by Gasteiger charge is -2.36. The first kappa shape index (κ1) is 55.3. The van der Waals surface area contributed by atoms with Crippen molar-refractivity contribution in [1.82, 2.24) is 54.7 Å². The highest BCUT2D eigenvalue weighted by Gasteiger charge is 2.36. The number of aromatic nitrogens is 4. The zero-order valence-electron chi connectivity index (χ0n) is 44.7. The first-order valence-corrected chi connectivity index (χ1v) is 25.5. The van der Waals surface area contributed by atoms with Crippen LogP contribution in [0.1, 0.15) is 73.1 Å². The van der Waals surface area contributed by atoms with Gasteiger partial charge in [-0.3, -0.25) is 28.8 Å². The Kier molecular flexibility index (Phi) is 19.0. The van der Waals surface area contributed by atoms with E-state index in [0.29, 0.717) is 24.5 Å². The summed E-state index contributed by atoms with van der Waals surface area (Å²) < 4.78 is 6.07. The van der Waals surface area contributed by atoms with Gasteiger partial charge in [0.1, 0.15) is 41.6 Å². The SMILES string of the molecule is CCCCCCN(CC(=O)NC)C(=O)[C@H](C)N(C)C(=O)[C@H](C)N(C)C(=O)[C@H](C)N(C)C(=O)[C@H](C)N(C)C(=O)CCCOc1cccc(-c2nc3ccc(-c4nc5cc(N6CCN(C)CC6)ccc5[nH]4)cc3[nH]2)c1. The zero-order chi connectivity index (χ0) is 53.1. The molecule has 19 nitrogen and oxygen atoms in total. The van der Waals surface area contributed by atoms with Crippen LogP contribution in [-0.2, 0) is 28.8 Å². The van der Waals surface area contributed by atoms with Crippen molar-refractivity contribution in [3.05, 3.63) is 60.7 Å². The summed E-state index contributed by atoms with van der Waals surface area (Å²) in [5, 5.41) is 2.55. The van der Waals surface area contributed by atoms with Gasteiger partial charge < -0.3 is 54.3 Å². The second-order valence-electron chi connectivity index (χ2n) is 19.4. The molecule has 4 atom stereocenters. The Morgan fingerprint density at radius 1 is 0.658 bits per heavy atom. The van der Waals surface area contributed by atoms with Crippen LogP contribution in [0.25, 0.3) is 44.8 Å². The van der Waals surface area contributed by atoms with Crippen molar-refractivity contribution in [3.8, 4) is 28.5 Å². The highest BCUT2D eigenvalue weighted by Crippen LogP contribution is 2.29. The number of ether oxygens (including phenoxy) is 1. The number of carbonyl (C=O) groups is 6. The summed E-state index contributed by atoms with van der Waals surface area (Å²) in [4.78, 5) is 108. The van der Waals surface area contributed by atoms with Gasteiger partial charge in [0.2, 0.25) is 35.4 Å². The largest absolute Gasteiger partial charge is 0.494 e. The summed E-state index contributed by atoms with van der Waals surface area (Å²) >= 11 is 0. The van der Waals surface area contributed by atoms with E-state index in [-0.39, 0.29) is 37.3 Å². The van der Waals surface area contributed by atoms with Crippen LogP contribution in [0.2, 0.25) is 0 Å². The van der Waals surface area contributed by atoms with Crippen molar-refractivity contribution in [2.45, 2.75) is 97.3 Å². The van der Waals surface area contributed by atoms with Gasteiger partial charge in [-0.05, 0) is 96.1 Å². The van der Waals surface area contributed by atoms with Crippen LogP contribution < -0.4 is 15.0 Å². The van der Waals surface area contributed by atoms with E-state index in [0.717, 1.165) is 90.9 Å². The number of likely N-dealkylation sites (N-methyl/N-ethyl adjacent to an activating group) is 6. The molecule has 1 aliphatic heterocycles. The number of amides is 6. The Hall–Kier alpha value is -7.02. The highest BCUT2D eigenvalue weighted by atomic mass is 16.5. The maximum atomic E-state index is 13.7. The maximum absolute atomic E-state index is 13.7. The number of fused-ring (bicyclic) bond motifs is 2. The van der Waals surface area contributed by atoms with E-state index in [1.54, 1.807) is 34.7 Å². The van der Waals surface area contributed by atoms with Crippen LogP contribution in [0, 0.1) is 0 Å². The normalized spacial score (nSPS) is 14.5. The molecule has 3 N–H and O–H groups in total. The smallest absolute Gasteiger partial charge is 0.245 e. The maximum Gasteiger partial charge on any atom is 0.245 e. The number of nitrogens with zero attached hydrogens (tertiary/aromatic N) is 9.